The van der Waals surface area contributed by atoms with E-state index < -0.39 is 0 Å². The molecule has 1 aliphatic rings. The number of hydrogen-bond donors (Lipinski definition) is 0. The summed E-state index contributed by atoms with van der Waals surface area (Å²) in [6.45, 7) is 0. The van der Waals surface area contributed by atoms with Gasteiger partial charge in [0.05, 0.1) is 0 Å². The minimum absolute atomic E-state index is 0.296. The highest BCUT2D eigenvalue weighted by atomic mass is 19.1. The van der Waals surface area contributed by atoms with Crippen molar-refractivity contribution in [2.45, 2.75) is 12.8 Å². The smallest absolute Gasteiger partial charge is 0.130 e. The van der Waals surface area contributed by atoms with Crippen molar-refractivity contribution in [1.29, 1.82) is 0 Å². The van der Waals surface area contributed by atoms with Crippen LogP contribution in [-0.2, 0) is 6.42 Å². The van der Waals surface area contributed by atoms with Crippen LogP contribution in [0.25, 0.3) is 6.08 Å². The molecular formula is C10H8F2. The molecule has 1 aromatic carbocycles. The van der Waals surface area contributed by atoms with Gasteiger partial charge in [0.25, 0.3) is 0 Å². The predicted molar refractivity (Wildman–Crippen MR) is 43.7 cm³/mol. The molecule has 0 heterocycles. The molecule has 2 heteroatoms. The van der Waals surface area contributed by atoms with Gasteiger partial charge < -0.3 is 0 Å². The maximum absolute atomic E-state index is 13.1. The van der Waals surface area contributed by atoms with Gasteiger partial charge in [-0.1, -0.05) is 12.2 Å². The van der Waals surface area contributed by atoms with Gasteiger partial charge >= 0.3 is 0 Å². The zero-order valence-electron chi connectivity index (χ0n) is 6.48. The van der Waals surface area contributed by atoms with Crippen LogP contribution in [-0.4, -0.2) is 0 Å². The molecule has 0 bridgehead atoms. The molecule has 0 aliphatic heterocycles. The van der Waals surface area contributed by atoms with Crippen molar-refractivity contribution in [1.82, 2.24) is 0 Å². The SMILES string of the molecule is Fc1ccc(F)c2c1C=CCC2. The fourth-order valence-corrected chi connectivity index (χ4v) is 1.47. The van der Waals surface area contributed by atoms with E-state index in [1.165, 1.54) is 12.1 Å². The molecule has 0 radical (unpaired) electrons. The second-order valence-corrected chi connectivity index (χ2v) is 2.86. The summed E-state index contributed by atoms with van der Waals surface area (Å²) in [7, 11) is 0. The van der Waals surface area contributed by atoms with Crippen molar-refractivity contribution < 1.29 is 8.78 Å². The molecular weight excluding hydrogens is 158 g/mol. The Bertz CT molecular complexity index is 340. The van der Waals surface area contributed by atoms with Crippen LogP contribution in [0.5, 0.6) is 0 Å². The van der Waals surface area contributed by atoms with E-state index in [0.717, 1.165) is 6.42 Å². The van der Waals surface area contributed by atoms with Crippen molar-refractivity contribution in [3.8, 4) is 0 Å². The van der Waals surface area contributed by atoms with Gasteiger partial charge in [-0.3, -0.25) is 0 Å². The first-order valence-corrected chi connectivity index (χ1v) is 3.92. The molecule has 0 spiro atoms. The zero-order valence-corrected chi connectivity index (χ0v) is 6.48. The summed E-state index contributed by atoms with van der Waals surface area (Å²) in [6.07, 6.45) is 4.92. The Morgan fingerprint density at radius 2 is 1.83 bits per heavy atom. The molecule has 0 amide bonds. The van der Waals surface area contributed by atoms with Crippen molar-refractivity contribution in [3.63, 3.8) is 0 Å². The Morgan fingerprint density at radius 3 is 2.58 bits per heavy atom. The van der Waals surface area contributed by atoms with E-state index in [9.17, 15) is 8.78 Å². The number of hydrogen-bond acceptors (Lipinski definition) is 0. The Kier molecular flexibility index (Phi) is 1.68. The van der Waals surface area contributed by atoms with Gasteiger partial charge in [-0.25, -0.2) is 8.78 Å². The van der Waals surface area contributed by atoms with E-state index >= 15 is 0 Å². The minimum atomic E-state index is -0.331. The number of allylic oxidation sites excluding steroid dienone is 1. The lowest BCUT2D eigenvalue weighted by molar-refractivity contribution is 0.580. The van der Waals surface area contributed by atoms with Crippen LogP contribution in [0.2, 0.25) is 0 Å². The molecule has 12 heavy (non-hydrogen) atoms. The maximum atomic E-state index is 13.1. The molecule has 0 saturated carbocycles. The summed E-state index contributed by atoms with van der Waals surface area (Å²) >= 11 is 0. The molecule has 0 saturated heterocycles. The van der Waals surface area contributed by atoms with E-state index in [1.54, 1.807) is 6.08 Å². The molecule has 0 nitrogen and oxygen atoms in total. The average Bonchev–Trinajstić information content (AvgIpc) is 2.12. The third-order valence-electron chi connectivity index (χ3n) is 2.09. The lowest BCUT2D eigenvalue weighted by atomic mass is 9.96. The molecule has 0 atom stereocenters. The van der Waals surface area contributed by atoms with E-state index in [1.807, 2.05) is 6.08 Å². The van der Waals surface area contributed by atoms with Gasteiger partial charge in [-0.05, 0) is 30.5 Å². The fraction of sp³-hybridized carbons (Fsp3) is 0.200. The van der Waals surface area contributed by atoms with E-state index in [-0.39, 0.29) is 11.6 Å². The van der Waals surface area contributed by atoms with E-state index in [4.69, 9.17) is 0 Å². The highest BCUT2D eigenvalue weighted by Gasteiger charge is 2.13. The number of rotatable bonds is 0. The van der Waals surface area contributed by atoms with Crippen molar-refractivity contribution in [3.05, 3.63) is 41.0 Å². The van der Waals surface area contributed by atoms with E-state index in [2.05, 4.69) is 0 Å². The van der Waals surface area contributed by atoms with Gasteiger partial charge in [-0.2, -0.15) is 0 Å². The van der Waals surface area contributed by atoms with Crippen LogP contribution in [0.3, 0.4) is 0 Å². The molecule has 0 unspecified atom stereocenters. The predicted octanol–water partition coefficient (Wildman–Crippen LogP) is 2.92. The Hall–Kier alpha value is -1.18. The van der Waals surface area contributed by atoms with Gasteiger partial charge in [0.2, 0.25) is 0 Å². The zero-order chi connectivity index (χ0) is 8.55. The molecule has 62 valence electrons. The lowest BCUT2D eigenvalue weighted by Gasteiger charge is -2.11. The Labute approximate surface area is 69.5 Å². The first-order chi connectivity index (χ1) is 5.79. The number of halogens is 2. The lowest BCUT2D eigenvalue weighted by Crippen LogP contribution is -2.00. The third kappa shape index (κ3) is 1.04. The topological polar surface area (TPSA) is 0 Å². The van der Waals surface area contributed by atoms with Crippen LogP contribution in [0.1, 0.15) is 17.5 Å². The Balaban J connectivity index is 2.67. The normalized spacial score (nSPS) is 14.5. The van der Waals surface area contributed by atoms with Crippen LogP contribution < -0.4 is 0 Å². The van der Waals surface area contributed by atoms with Gasteiger partial charge in [0.15, 0.2) is 0 Å². The minimum Gasteiger partial charge on any atom is -0.207 e. The molecule has 1 aliphatic carbocycles. The molecule has 0 fully saturated rings. The van der Waals surface area contributed by atoms with Crippen LogP contribution in [0.4, 0.5) is 8.78 Å². The number of fused-ring (bicyclic) bond motifs is 1. The molecule has 0 aromatic heterocycles. The van der Waals surface area contributed by atoms with E-state index in [0.29, 0.717) is 17.5 Å². The monoisotopic (exact) mass is 166 g/mol. The third-order valence-corrected chi connectivity index (χ3v) is 2.09. The first-order valence-electron chi connectivity index (χ1n) is 3.92. The highest BCUT2D eigenvalue weighted by molar-refractivity contribution is 5.57. The molecule has 2 rings (SSSR count). The van der Waals surface area contributed by atoms with Crippen molar-refractivity contribution >= 4 is 6.08 Å². The van der Waals surface area contributed by atoms with Crippen molar-refractivity contribution in [2.24, 2.45) is 0 Å². The molecule has 1 aromatic rings. The van der Waals surface area contributed by atoms with Crippen LogP contribution >= 0.6 is 0 Å². The summed E-state index contributed by atoms with van der Waals surface area (Å²) in [4.78, 5) is 0. The maximum Gasteiger partial charge on any atom is 0.130 e. The van der Waals surface area contributed by atoms with Gasteiger partial charge in [0, 0.05) is 5.56 Å². The second kappa shape index (κ2) is 2.70. The quantitative estimate of drug-likeness (QED) is 0.555. The van der Waals surface area contributed by atoms with Gasteiger partial charge in [0.1, 0.15) is 11.6 Å². The van der Waals surface area contributed by atoms with Gasteiger partial charge in [-0.15, -0.1) is 0 Å². The summed E-state index contributed by atoms with van der Waals surface area (Å²) in [5.41, 5.74) is 0.929. The summed E-state index contributed by atoms with van der Waals surface area (Å²) < 4.78 is 26.1. The first kappa shape index (κ1) is 7.47. The second-order valence-electron chi connectivity index (χ2n) is 2.86. The summed E-state index contributed by atoms with van der Waals surface area (Å²) in [6, 6.07) is 2.36. The van der Waals surface area contributed by atoms with Crippen LogP contribution in [0, 0.1) is 11.6 Å². The standard InChI is InChI=1S/C10H8F2/c11-9-5-6-10(12)8-4-2-1-3-7(8)9/h1,3,5-6H,2,4H2. The average molecular weight is 166 g/mol. The summed E-state index contributed by atoms with van der Waals surface area (Å²) in [5.74, 6) is -0.627. The van der Waals surface area contributed by atoms with Crippen molar-refractivity contribution in [2.75, 3.05) is 0 Å². The van der Waals surface area contributed by atoms with Crippen LogP contribution in [0.15, 0.2) is 18.2 Å². The number of benzene rings is 1. The molecule has 0 N–H and O–H groups in total. The summed E-state index contributed by atoms with van der Waals surface area (Å²) in [5, 5.41) is 0. The highest BCUT2D eigenvalue weighted by Crippen LogP contribution is 2.24. The Morgan fingerprint density at radius 1 is 1.08 bits per heavy atom. The fourth-order valence-electron chi connectivity index (χ4n) is 1.47. The largest absolute Gasteiger partial charge is 0.207 e.